The van der Waals surface area contributed by atoms with Crippen molar-refractivity contribution in [1.82, 2.24) is 0 Å². The fourth-order valence-corrected chi connectivity index (χ4v) is 6.48. The summed E-state index contributed by atoms with van der Waals surface area (Å²) in [4.78, 5) is 0. The number of halogens is 1. The molecule has 0 saturated heterocycles. The normalized spacial score (nSPS) is 27.1. The Morgan fingerprint density at radius 2 is 1.09 bits per heavy atom. The fraction of sp³-hybridized carbons (Fsp3) is 0.571. The third-order valence-corrected chi connectivity index (χ3v) is 8.76. The minimum absolute atomic E-state index is 0.290. The van der Waals surface area contributed by atoms with E-state index < -0.39 is 7.82 Å². The van der Waals surface area contributed by atoms with Crippen molar-refractivity contribution < 1.29 is 22.9 Å². The van der Waals surface area contributed by atoms with Gasteiger partial charge in [-0.15, -0.1) is 0 Å². The summed E-state index contributed by atoms with van der Waals surface area (Å²) in [7, 11) is -4.52. The lowest BCUT2D eigenvalue weighted by atomic mass is 9.79. The van der Waals surface area contributed by atoms with Crippen LogP contribution in [0, 0.1) is 25.7 Å². The van der Waals surface area contributed by atoms with Crippen LogP contribution in [0.4, 0.5) is 4.53 Å². The van der Waals surface area contributed by atoms with Gasteiger partial charge in [-0.05, 0) is 91.0 Å². The van der Waals surface area contributed by atoms with Gasteiger partial charge in [0, 0.05) is 0 Å². The van der Waals surface area contributed by atoms with E-state index in [1.54, 1.807) is 12.1 Å². The van der Waals surface area contributed by atoms with Crippen LogP contribution in [-0.2, 0) is 9.29 Å². The molecule has 0 bridgehead atoms. The first-order valence-corrected chi connectivity index (χ1v) is 14.2. The van der Waals surface area contributed by atoms with E-state index in [0.717, 1.165) is 73.6 Å². The molecule has 0 unspecified atom stereocenters. The second-order valence-corrected chi connectivity index (χ2v) is 12.1. The molecule has 4 rings (SSSR count). The number of hydrogen-bond donors (Lipinski definition) is 0. The molecule has 2 saturated carbocycles. The Labute approximate surface area is 203 Å². The lowest BCUT2D eigenvalue weighted by molar-refractivity contribution is -0.0339. The average molecular weight is 489 g/mol. The molecule has 0 aliphatic heterocycles. The van der Waals surface area contributed by atoms with E-state index in [9.17, 15) is 9.09 Å². The van der Waals surface area contributed by atoms with Crippen molar-refractivity contribution in [3.8, 4) is 11.5 Å². The van der Waals surface area contributed by atoms with Crippen molar-refractivity contribution in [2.75, 3.05) is 0 Å². The minimum atomic E-state index is -4.52. The Bertz CT molecular complexity index is 946. The summed E-state index contributed by atoms with van der Waals surface area (Å²) in [6.07, 6.45) is 8.68. The molecule has 0 aromatic heterocycles. The van der Waals surface area contributed by atoms with Crippen molar-refractivity contribution in [1.29, 1.82) is 0 Å². The molecule has 0 N–H and O–H groups in total. The van der Waals surface area contributed by atoms with E-state index in [2.05, 4.69) is 30.7 Å². The number of hydrogen-bond acceptors (Lipinski definition) is 4. The van der Waals surface area contributed by atoms with E-state index in [1.807, 2.05) is 26.0 Å². The highest BCUT2D eigenvalue weighted by molar-refractivity contribution is 7.49. The lowest BCUT2D eigenvalue weighted by Gasteiger charge is -2.29. The molecule has 4 nitrogen and oxygen atoms in total. The molecule has 0 atom stereocenters. The van der Waals surface area contributed by atoms with Crippen LogP contribution in [-0.4, -0.2) is 0 Å². The third-order valence-electron chi connectivity index (χ3n) is 7.75. The summed E-state index contributed by atoms with van der Waals surface area (Å²) in [5.41, 5.74) is 4.09. The summed E-state index contributed by atoms with van der Waals surface area (Å²) < 4.78 is 42.7. The van der Waals surface area contributed by atoms with E-state index >= 15 is 0 Å². The van der Waals surface area contributed by atoms with Crippen molar-refractivity contribution in [2.45, 2.75) is 90.9 Å². The highest BCUT2D eigenvalue weighted by Crippen LogP contribution is 2.54. The van der Waals surface area contributed by atoms with Gasteiger partial charge in [0.05, 0.1) is 0 Å². The first-order chi connectivity index (χ1) is 16.3. The zero-order valence-electron chi connectivity index (χ0n) is 20.9. The molecule has 0 amide bonds. The highest BCUT2D eigenvalue weighted by atomic mass is 31.2. The zero-order valence-corrected chi connectivity index (χ0v) is 21.8. The molecule has 6 heteroatoms. The van der Waals surface area contributed by atoms with Crippen molar-refractivity contribution in [3.05, 3.63) is 58.7 Å². The van der Waals surface area contributed by atoms with Crippen LogP contribution in [0.5, 0.6) is 11.5 Å². The molecular weight excluding hydrogens is 450 g/mol. The molecule has 2 aromatic carbocycles. The Hall–Kier alpha value is -1.84. The number of aryl methyl sites for hydroxylation is 2. The van der Waals surface area contributed by atoms with E-state index in [4.69, 9.17) is 9.05 Å². The summed E-state index contributed by atoms with van der Waals surface area (Å²) >= 11 is 0. The van der Waals surface area contributed by atoms with Crippen LogP contribution in [0.3, 0.4) is 0 Å². The second kappa shape index (κ2) is 10.8. The summed E-state index contributed by atoms with van der Waals surface area (Å²) in [6.45, 7) is 8.58. The molecule has 0 spiro atoms. The van der Waals surface area contributed by atoms with Crippen LogP contribution >= 0.6 is 7.82 Å². The van der Waals surface area contributed by atoms with Crippen LogP contribution in [0.2, 0.25) is 0 Å². The van der Waals surface area contributed by atoms with Gasteiger partial charge in [0.1, 0.15) is 11.5 Å². The SMILES string of the molecule is Cc1ccc(OP(=O)(OF)Oc2ccc(C)cc2C2CCC(C)CC2)c(C2CCC(C)CC2)c1. The van der Waals surface area contributed by atoms with Gasteiger partial charge in [0.2, 0.25) is 0 Å². The van der Waals surface area contributed by atoms with Gasteiger partial charge < -0.3 is 9.05 Å². The topological polar surface area (TPSA) is 44.8 Å². The smallest absolute Gasteiger partial charge is 0.393 e. The molecule has 34 heavy (non-hydrogen) atoms. The highest BCUT2D eigenvalue weighted by Gasteiger charge is 2.36. The van der Waals surface area contributed by atoms with Gasteiger partial charge in [-0.25, -0.2) is 4.57 Å². The maximum atomic E-state index is 13.8. The van der Waals surface area contributed by atoms with Crippen molar-refractivity contribution in [3.63, 3.8) is 0 Å². The standard InChI is InChI=1S/C28H38FO4P/c1-19-5-11-23(12-6-19)25-17-21(3)9-15-27(25)31-34(30,33-29)32-28-16-10-22(4)18-26(28)24-13-7-20(2)8-14-24/h9-10,15-20,23-24H,5-8,11-14H2,1-4H3. The number of phosphoric acid groups is 1. The summed E-state index contributed by atoms with van der Waals surface area (Å²) in [5.74, 6) is 2.75. The molecular formula is C28H38FO4P. The van der Waals surface area contributed by atoms with Crippen molar-refractivity contribution in [2.24, 2.45) is 11.8 Å². The average Bonchev–Trinajstić information content (AvgIpc) is 2.82. The Balaban J connectivity index is 1.59. The minimum Gasteiger partial charge on any atom is -0.393 e. The van der Waals surface area contributed by atoms with Gasteiger partial charge in [0.15, 0.2) is 0 Å². The van der Waals surface area contributed by atoms with Gasteiger partial charge in [0.25, 0.3) is 0 Å². The largest absolute Gasteiger partial charge is 0.619 e. The van der Waals surface area contributed by atoms with Gasteiger partial charge in [-0.3, -0.25) is 0 Å². The molecule has 2 aliphatic rings. The van der Waals surface area contributed by atoms with Crippen LogP contribution in [0.25, 0.3) is 0 Å². The molecule has 186 valence electrons. The van der Waals surface area contributed by atoms with Crippen molar-refractivity contribution >= 4 is 7.82 Å². The van der Waals surface area contributed by atoms with Crippen LogP contribution in [0.1, 0.15) is 99.3 Å². The quantitative estimate of drug-likeness (QED) is 0.364. The first kappa shape index (κ1) is 25.3. The molecule has 0 heterocycles. The predicted molar refractivity (Wildman–Crippen MR) is 134 cm³/mol. The zero-order chi connectivity index (χ0) is 24.3. The monoisotopic (exact) mass is 488 g/mol. The molecule has 0 radical (unpaired) electrons. The molecule has 2 aliphatic carbocycles. The summed E-state index contributed by atoms with van der Waals surface area (Å²) in [6, 6.07) is 11.4. The lowest BCUT2D eigenvalue weighted by Crippen LogP contribution is -2.14. The fourth-order valence-electron chi connectivity index (χ4n) is 5.57. The van der Waals surface area contributed by atoms with Gasteiger partial charge >= 0.3 is 7.82 Å². The predicted octanol–water partition coefficient (Wildman–Crippen LogP) is 9.36. The van der Waals surface area contributed by atoms with Crippen LogP contribution < -0.4 is 9.05 Å². The summed E-state index contributed by atoms with van der Waals surface area (Å²) in [5, 5.41) is 0. The molecule has 2 aromatic rings. The van der Waals surface area contributed by atoms with Gasteiger partial charge in [-0.2, -0.15) is 0 Å². The maximum Gasteiger partial charge on any atom is 0.619 e. The maximum absolute atomic E-state index is 13.8. The third kappa shape index (κ3) is 6.04. The van der Waals surface area contributed by atoms with E-state index in [-0.39, 0.29) is 0 Å². The Morgan fingerprint density at radius 1 is 0.706 bits per heavy atom. The van der Waals surface area contributed by atoms with Crippen LogP contribution in [0.15, 0.2) is 36.4 Å². The number of rotatable bonds is 7. The van der Waals surface area contributed by atoms with Gasteiger partial charge in [-0.1, -0.05) is 79.7 Å². The first-order valence-electron chi connectivity index (χ1n) is 12.8. The van der Waals surface area contributed by atoms with E-state index in [1.165, 1.54) is 0 Å². The Kier molecular flexibility index (Phi) is 8.05. The number of benzene rings is 2. The second-order valence-electron chi connectivity index (χ2n) is 10.7. The molecule has 2 fully saturated rings. The Morgan fingerprint density at radius 3 is 1.44 bits per heavy atom. The number of phosphoric ester groups is 1. The van der Waals surface area contributed by atoms with E-state index in [0.29, 0.717) is 35.2 Å².